The van der Waals surface area contributed by atoms with Gasteiger partial charge in [0.25, 0.3) is 0 Å². The van der Waals surface area contributed by atoms with Crippen LogP contribution in [0.3, 0.4) is 0 Å². The van der Waals surface area contributed by atoms with Gasteiger partial charge in [0.2, 0.25) is 5.95 Å². The van der Waals surface area contributed by atoms with E-state index in [2.05, 4.69) is 101 Å². The Morgan fingerprint density at radius 3 is 1.98 bits per heavy atom. The van der Waals surface area contributed by atoms with Gasteiger partial charge in [0.05, 0.1) is 22.8 Å². The Bertz CT molecular complexity index is 2180. The predicted octanol–water partition coefficient (Wildman–Crippen LogP) is 8.43. The van der Waals surface area contributed by atoms with Crippen molar-refractivity contribution >= 4 is 33.4 Å². The molecule has 0 saturated heterocycles. The van der Waals surface area contributed by atoms with E-state index in [9.17, 15) is 0 Å². The third kappa shape index (κ3) is 3.74. The topological polar surface area (TPSA) is 59.7 Å². The number of aromatic nitrogens is 5. The van der Waals surface area contributed by atoms with Gasteiger partial charge in [-0.3, -0.25) is 4.57 Å². The van der Waals surface area contributed by atoms with Gasteiger partial charge in [-0.25, -0.2) is 9.97 Å². The molecule has 2 unspecified atom stereocenters. The zero-order chi connectivity index (χ0) is 29.0. The molecule has 0 fully saturated rings. The molecule has 208 valence electrons. The van der Waals surface area contributed by atoms with Gasteiger partial charge in [0.15, 0.2) is 11.6 Å². The summed E-state index contributed by atoms with van der Waals surface area (Å²) in [7, 11) is 0. The number of nitrogens with zero attached hydrogens (tertiary/aromatic N) is 6. The minimum Gasteiger partial charge on any atom is -0.300 e. The predicted molar refractivity (Wildman–Crippen MR) is 176 cm³/mol. The summed E-state index contributed by atoms with van der Waals surface area (Å²) in [6.07, 6.45) is 10.7. The van der Waals surface area contributed by atoms with E-state index in [-0.39, 0.29) is 12.0 Å². The van der Waals surface area contributed by atoms with Crippen molar-refractivity contribution in [1.29, 1.82) is 0 Å². The Hall–Kier alpha value is -5.88. The van der Waals surface area contributed by atoms with Crippen molar-refractivity contribution in [3.05, 3.63) is 151 Å². The molecular weight excluding hydrogens is 540 g/mol. The Morgan fingerprint density at radius 1 is 0.568 bits per heavy atom. The number of allylic oxidation sites excluding steroid dienone is 2. The summed E-state index contributed by atoms with van der Waals surface area (Å²) >= 11 is 0. The molecule has 0 amide bonds. The Morgan fingerprint density at radius 2 is 1.25 bits per heavy atom. The normalized spacial score (nSPS) is 16.9. The first-order valence-electron chi connectivity index (χ1n) is 14.8. The second-order valence-electron chi connectivity index (χ2n) is 11.1. The minimum absolute atomic E-state index is 0.00504. The summed E-state index contributed by atoms with van der Waals surface area (Å²) in [6.45, 7) is 0. The van der Waals surface area contributed by atoms with E-state index < -0.39 is 0 Å². The van der Waals surface area contributed by atoms with Gasteiger partial charge in [-0.15, -0.1) is 0 Å². The van der Waals surface area contributed by atoms with Gasteiger partial charge < -0.3 is 4.90 Å². The highest BCUT2D eigenvalue weighted by atomic mass is 15.3. The van der Waals surface area contributed by atoms with Gasteiger partial charge in [0, 0.05) is 34.0 Å². The summed E-state index contributed by atoms with van der Waals surface area (Å²) in [4.78, 5) is 22.5. The van der Waals surface area contributed by atoms with Crippen LogP contribution in [-0.2, 0) is 0 Å². The summed E-state index contributed by atoms with van der Waals surface area (Å²) in [6, 6.07) is 39.5. The molecule has 3 aromatic heterocycles. The van der Waals surface area contributed by atoms with E-state index in [0.717, 1.165) is 33.7 Å². The van der Waals surface area contributed by atoms with Crippen LogP contribution in [0.2, 0.25) is 0 Å². The molecule has 1 aliphatic carbocycles. The van der Waals surface area contributed by atoms with Gasteiger partial charge in [-0.1, -0.05) is 121 Å². The van der Waals surface area contributed by atoms with Crippen LogP contribution >= 0.6 is 0 Å². The van der Waals surface area contributed by atoms with Crippen LogP contribution in [0.5, 0.6) is 0 Å². The van der Waals surface area contributed by atoms with Gasteiger partial charge >= 0.3 is 0 Å². The van der Waals surface area contributed by atoms with Crippen LogP contribution in [0.1, 0.15) is 11.5 Å². The zero-order valence-electron chi connectivity index (χ0n) is 23.7. The van der Waals surface area contributed by atoms with Crippen LogP contribution in [0.4, 0.5) is 11.6 Å². The number of anilines is 2. The molecule has 7 aromatic rings. The molecule has 1 aliphatic heterocycles. The SMILES string of the molecule is C1=CC2c3ccc4c5ccccc5n(-c5ccccn5)c4c3N(c3nc(-c4ccccc4)nc(-c4ccccc4)n3)C2C=C1. The first kappa shape index (κ1) is 24.7. The van der Waals surface area contributed by atoms with Crippen LogP contribution in [0.15, 0.2) is 146 Å². The van der Waals surface area contributed by atoms with E-state index in [1.165, 1.54) is 16.3 Å². The van der Waals surface area contributed by atoms with Crippen molar-refractivity contribution in [3.63, 3.8) is 0 Å². The van der Waals surface area contributed by atoms with Gasteiger partial charge in [-0.05, 0) is 23.8 Å². The second-order valence-corrected chi connectivity index (χ2v) is 11.1. The summed E-state index contributed by atoms with van der Waals surface area (Å²) in [5.41, 5.74) is 6.45. The lowest BCUT2D eigenvalue weighted by Crippen LogP contribution is -2.30. The molecule has 44 heavy (non-hydrogen) atoms. The van der Waals surface area contributed by atoms with E-state index >= 15 is 0 Å². The first-order valence-corrected chi connectivity index (χ1v) is 14.8. The maximum absolute atomic E-state index is 5.19. The Labute approximate surface area is 254 Å². The quantitative estimate of drug-likeness (QED) is 0.214. The highest BCUT2D eigenvalue weighted by Gasteiger charge is 2.41. The number of benzene rings is 4. The molecule has 6 heteroatoms. The number of hydrogen-bond donors (Lipinski definition) is 0. The van der Waals surface area contributed by atoms with E-state index in [1.807, 2.05) is 54.7 Å². The highest BCUT2D eigenvalue weighted by molar-refractivity contribution is 6.14. The fourth-order valence-corrected chi connectivity index (χ4v) is 6.72. The molecule has 2 atom stereocenters. The van der Waals surface area contributed by atoms with Gasteiger partial charge in [0.1, 0.15) is 5.82 Å². The second kappa shape index (κ2) is 9.85. The molecule has 0 radical (unpaired) electrons. The monoisotopic (exact) mass is 566 g/mol. The lowest BCUT2D eigenvalue weighted by Gasteiger charge is -2.27. The van der Waals surface area contributed by atoms with Crippen LogP contribution in [0, 0.1) is 0 Å². The number of fused-ring (bicyclic) bond motifs is 7. The molecule has 4 aromatic carbocycles. The standard InChI is InChI=1S/C38H26N6/c1-3-13-25(14-4-1)36-40-37(26-15-5-2-6-16-26)42-38(41-36)44-32-20-10-8-18-28(32)30-23-22-29-27-17-7-9-19-31(27)43(34(29)35(30)44)33-21-11-12-24-39-33/h1-24,28,32H. The molecule has 6 nitrogen and oxygen atoms in total. The lowest BCUT2D eigenvalue weighted by molar-refractivity contribution is 0.728. The molecule has 0 saturated carbocycles. The molecular formula is C38H26N6. The van der Waals surface area contributed by atoms with Crippen LogP contribution in [0.25, 0.3) is 50.4 Å². The fourth-order valence-electron chi connectivity index (χ4n) is 6.72. The van der Waals surface area contributed by atoms with Gasteiger partial charge in [-0.2, -0.15) is 9.97 Å². The lowest BCUT2D eigenvalue weighted by atomic mass is 9.91. The van der Waals surface area contributed by atoms with E-state index in [1.54, 1.807) is 0 Å². The number of para-hydroxylation sites is 1. The van der Waals surface area contributed by atoms with Crippen molar-refractivity contribution in [2.45, 2.75) is 12.0 Å². The number of pyridine rings is 1. The fraction of sp³-hybridized carbons (Fsp3) is 0.0526. The first-order chi connectivity index (χ1) is 21.8. The molecule has 4 heterocycles. The van der Waals surface area contributed by atoms with E-state index in [4.69, 9.17) is 19.9 Å². The van der Waals surface area contributed by atoms with Crippen molar-refractivity contribution in [3.8, 4) is 28.6 Å². The van der Waals surface area contributed by atoms with Crippen LogP contribution in [-0.4, -0.2) is 30.5 Å². The molecule has 0 spiro atoms. The zero-order valence-corrected chi connectivity index (χ0v) is 23.7. The number of hydrogen-bond acceptors (Lipinski definition) is 5. The Kier molecular flexibility index (Phi) is 5.53. The average Bonchev–Trinajstić information content (AvgIpc) is 3.62. The molecule has 2 aliphatic rings. The Balaban J connectivity index is 1.38. The van der Waals surface area contributed by atoms with Crippen molar-refractivity contribution in [1.82, 2.24) is 24.5 Å². The molecule has 0 N–H and O–H groups in total. The van der Waals surface area contributed by atoms with Crippen molar-refractivity contribution in [2.75, 3.05) is 4.90 Å². The molecule has 9 rings (SSSR count). The third-order valence-electron chi connectivity index (χ3n) is 8.63. The summed E-state index contributed by atoms with van der Waals surface area (Å²) in [5, 5.41) is 2.35. The third-order valence-corrected chi connectivity index (χ3v) is 8.63. The van der Waals surface area contributed by atoms with E-state index in [0.29, 0.717) is 17.6 Å². The minimum atomic E-state index is 0.00504. The smallest absolute Gasteiger partial charge is 0.234 e. The van der Waals surface area contributed by atoms with Crippen LogP contribution < -0.4 is 4.90 Å². The van der Waals surface area contributed by atoms with Crippen molar-refractivity contribution in [2.24, 2.45) is 0 Å². The largest absolute Gasteiger partial charge is 0.300 e. The summed E-state index contributed by atoms with van der Waals surface area (Å²) < 4.78 is 2.29. The molecule has 0 bridgehead atoms. The maximum Gasteiger partial charge on any atom is 0.234 e. The highest BCUT2D eigenvalue weighted by Crippen LogP contribution is 2.52. The van der Waals surface area contributed by atoms with Crippen molar-refractivity contribution < 1.29 is 0 Å². The number of rotatable bonds is 4. The average molecular weight is 567 g/mol. The summed E-state index contributed by atoms with van der Waals surface area (Å²) in [5.74, 6) is 2.93. The maximum atomic E-state index is 5.19.